The molecule has 0 bridgehead atoms. The van der Waals surface area contributed by atoms with Gasteiger partial charge >= 0.3 is 12.0 Å². The molecule has 0 saturated heterocycles. The van der Waals surface area contributed by atoms with Crippen LogP contribution >= 0.6 is 0 Å². The van der Waals surface area contributed by atoms with Crippen LogP contribution in [0, 0.1) is 5.92 Å². The lowest BCUT2D eigenvalue weighted by molar-refractivity contribution is -0.137. The van der Waals surface area contributed by atoms with Gasteiger partial charge in [0.15, 0.2) is 0 Å². The zero-order valence-electron chi connectivity index (χ0n) is 12.1. The fraction of sp³-hybridized carbons (Fsp3) is 0.571. The molecule has 20 heavy (non-hydrogen) atoms. The maximum atomic E-state index is 12.2. The summed E-state index contributed by atoms with van der Waals surface area (Å²) in [5.74, 6) is -0.170. The van der Waals surface area contributed by atoms with Gasteiger partial charge in [-0.05, 0) is 25.0 Å². The average Bonchev–Trinajstić information content (AvgIpc) is 2.87. The minimum atomic E-state index is -0.918. The van der Waals surface area contributed by atoms with Crippen LogP contribution in [0.4, 0.5) is 4.79 Å². The highest BCUT2D eigenvalue weighted by molar-refractivity contribution is 5.76. The molecule has 1 rings (SSSR count). The molecular weight excluding hydrogens is 260 g/mol. The van der Waals surface area contributed by atoms with Gasteiger partial charge in [0.2, 0.25) is 0 Å². The molecular formula is C14H22N2O4. The van der Waals surface area contributed by atoms with Crippen molar-refractivity contribution in [2.75, 3.05) is 6.54 Å². The summed E-state index contributed by atoms with van der Waals surface area (Å²) < 4.78 is 5.22. The van der Waals surface area contributed by atoms with Crippen molar-refractivity contribution in [2.24, 2.45) is 5.92 Å². The molecule has 1 aromatic heterocycles. The number of furan rings is 1. The van der Waals surface area contributed by atoms with Crippen LogP contribution in [0.5, 0.6) is 0 Å². The predicted molar refractivity (Wildman–Crippen MR) is 74.2 cm³/mol. The molecule has 1 atom stereocenters. The van der Waals surface area contributed by atoms with E-state index in [0.29, 0.717) is 18.8 Å². The number of carbonyl (C=O) groups excluding carboxylic acids is 1. The lowest BCUT2D eigenvalue weighted by Gasteiger charge is -2.26. The van der Waals surface area contributed by atoms with E-state index in [9.17, 15) is 9.59 Å². The first-order valence-corrected chi connectivity index (χ1v) is 6.73. The summed E-state index contributed by atoms with van der Waals surface area (Å²) in [6.45, 7) is 6.52. The Balaban J connectivity index is 2.62. The van der Waals surface area contributed by atoms with Crippen molar-refractivity contribution in [2.45, 2.75) is 39.8 Å². The molecule has 2 N–H and O–H groups in total. The molecule has 0 saturated carbocycles. The topological polar surface area (TPSA) is 82.8 Å². The fourth-order valence-electron chi connectivity index (χ4n) is 1.81. The van der Waals surface area contributed by atoms with Gasteiger partial charge in [-0.2, -0.15) is 0 Å². The third-order valence-corrected chi connectivity index (χ3v) is 3.10. The molecule has 1 aromatic rings. The molecule has 0 radical (unpaired) electrons. The summed E-state index contributed by atoms with van der Waals surface area (Å²) in [4.78, 5) is 24.6. The van der Waals surface area contributed by atoms with E-state index in [1.165, 1.54) is 0 Å². The molecule has 6 nitrogen and oxygen atoms in total. The van der Waals surface area contributed by atoms with Crippen molar-refractivity contribution in [1.29, 1.82) is 0 Å². The third-order valence-electron chi connectivity index (χ3n) is 3.10. The summed E-state index contributed by atoms with van der Waals surface area (Å²) in [5.41, 5.74) is 0. The lowest BCUT2D eigenvalue weighted by atomic mass is 10.0. The Labute approximate surface area is 118 Å². The summed E-state index contributed by atoms with van der Waals surface area (Å²) in [6.07, 6.45) is 1.48. The molecule has 0 aliphatic rings. The second kappa shape index (κ2) is 7.57. The largest absolute Gasteiger partial charge is 0.481 e. The SMILES string of the molecule is CCN(Cc1ccco1)C(=O)NC(CC(=O)O)C(C)C. The van der Waals surface area contributed by atoms with Crippen molar-refractivity contribution in [3.8, 4) is 0 Å². The maximum Gasteiger partial charge on any atom is 0.318 e. The minimum Gasteiger partial charge on any atom is -0.481 e. The van der Waals surface area contributed by atoms with Crippen LogP contribution in [-0.2, 0) is 11.3 Å². The summed E-state index contributed by atoms with van der Waals surface area (Å²) in [7, 11) is 0. The predicted octanol–water partition coefficient (Wildman–Crippen LogP) is 2.31. The number of nitrogens with zero attached hydrogens (tertiary/aromatic N) is 1. The second-order valence-corrected chi connectivity index (χ2v) is 4.99. The minimum absolute atomic E-state index is 0.0531. The molecule has 0 aliphatic carbocycles. The van der Waals surface area contributed by atoms with Crippen LogP contribution in [0.3, 0.4) is 0 Å². The van der Waals surface area contributed by atoms with E-state index >= 15 is 0 Å². The average molecular weight is 282 g/mol. The lowest BCUT2D eigenvalue weighted by Crippen LogP contribution is -2.47. The smallest absolute Gasteiger partial charge is 0.318 e. The monoisotopic (exact) mass is 282 g/mol. The van der Waals surface area contributed by atoms with Gasteiger partial charge in [-0.3, -0.25) is 4.79 Å². The van der Waals surface area contributed by atoms with Crippen LogP contribution in [0.15, 0.2) is 22.8 Å². The summed E-state index contributed by atoms with van der Waals surface area (Å²) in [5, 5.41) is 11.6. The first-order valence-electron chi connectivity index (χ1n) is 6.73. The van der Waals surface area contributed by atoms with Crippen LogP contribution in [-0.4, -0.2) is 34.6 Å². The quantitative estimate of drug-likeness (QED) is 0.804. The Morgan fingerprint density at radius 1 is 1.45 bits per heavy atom. The van der Waals surface area contributed by atoms with Gasteiger partial charge in [0.05, 0.1) is 19.2 Å². The first kappa shape index (κ1) is 16.1. The number of carboxylic acids is 1. The van der Waals surface area contributed by atoms with E-state index < -0.39 is 5.97 Å². The standard InChI is InChI=1S/C14H22N2O4/c1-4-16(9-11-6-5-7-20-11)14(19)15-12(10(2)3)8-13(17)18/h5-7,10,12H,4,8-9H2,1-3H3,(H,15,19)(H,17,18). The zero-order valence-corrected chi connectivity index (χ0v) is 12.1. The Morgan fingerprint density at radius 3 is 2.60 bits per heavy atom. The Hall–Kier alpha value is -1.98. The number of hydrogen-bond acceptors (Lipinski definition) is 3. The second-order valence-electron chi connectivity index (χ2n) is 4.99. The molecule has 1 heterocycles. The van der Waals surface area contributed by atoms with E-state index in [4.69, 9.17) is 9.52 Å². The normalized spacial score (nSPS) is 12.2. The van der Waals surface area contributed by atoms with E-state index in [2.05, 4.69) is 5.32 Å². The Bertz CT molecular complexity index is 428. The van der Waals surface area contributed by atoms with Crippen LogP contribution in [0.2, 0.25) is 0 Å². The maximum absolute atomic E-state index is 12.2. The highest BCUT2D eigenvalue weighted by Crippen LogP contribution is 2.09. The number of urea groups is 1. The Morgan fingerprint density at radius 2 is 2.15 bits per heavy atom. The van der Waals surface area contributed by atoms with Gasteiger partial charge in [-0.1, -0.05) is 13.8 Å². The van der Waals surface area contributed by atoms with Crippen molar-refractivity contribution in [3.05, 3.63) is 24.2 Å². The van der Waals surface area contributed by atoms with E-state index in [-0.39, 0.29) is 24.4 Å². The van der Waals surface area contributed by atoms with Crippen molar-refractivity contribution >= 4 is 12.0 Å². The fourth-order valence-corrected chi connectivity index (χ4v) is 1.81. The van der Waals surface area contributed by atoms with Gasteiger partial charge in [-0.15, -0.1) is 0 Å². The van der Waals surface area contributed by atoms with Crippen molar-refractivity contribution < 1.29 is 19.1 Å². The first-order chi connectivity index (χ1) is 9.43. The summed E-state index contributed by atoms with van der Waals surface area (Å²) >= 11 is 0. The van der Waals surface area contributed by atoms with Crippen LogP contribution in [0.25, 0.3) is 0 Å². The number of rotatable bonds is 7. The van der Waals surface area contributed by atoms with Crippen molar-refractivity contribution in [1.82, 2.24) is 10.2 Å². The molecule has 2 amide bonds. The van der Waals surface area contributed by atoms with Crippen molar-refractivity contribution in [3.63, 3.8) is 0 Å². The molecule has 0 aromatic carbocycles. The van der Waals surface area contributed by atoms with E-state index in [1.807, 2.05) is 20.8 Å². The van der Waals surface area contributed by atoms with Gasteiger partial charge < -0.3 is 19.7 Å². The molecule has 1 unspecified atom stereocenters. The molecule has 112 valence electrons. The molecule has 0 fully saturated rings. The van der Waals surface area contributed by atoms with Gasteiger partial charge in [0.1, 0.15) is 5.76 Å². The number of hydrogen-bond donors (Lipinski definition) is 2. The van der Waals surface area contributed by atoms with Crippen LogP contribution < -0.4 is 5.32 Å². The number of nitrogens with one attached hydrogen (secondary N) is 1. The number of carbonyl (C=O) groups is 2. The number of amides is 2. The van der Waals surface area contributed by atoms with E-state index in [0.717, 1.165) is 0 Å². The zero-order chi connectivity index (χ0) is 15.1. The Kier molecular flexibility index (Phi) is 6.09. The highest BCUT2D eigenvalue weighted by Gasteiger charge is 2.22. The number of aliphatic carboxylic acids is 1. The number of carboxylic acid groups (broad SMARTS) is 1. The molecule has 0 spiro atoms. The van der Waals surface area contributed by atoms with Crippen LogP contribution in [0.1, 0.15) is 33.0 Å². The van der Waals surface area contributed by atoms with Gasteiger partial charge in [0, 0.05) is 12.6 Å². The molecule has 6 heteroatoms. The van der Waals surface area contributed by atoms with Gasteiger partial charge in [-0.25, -0.2) is 4.79 Å². The molecule has 0 aliphatic heterocycles. The highest BCUT2D eigenvalue weighted by atomic mass is 16.4. The third kappa shape index (κ3) is 4.95. The van der Waals surface area contributed by atoms with Gasteiger partial charge in [0.25, 0.3) is 0 Å². The van der Waals surface area contributed by atoms with E-state index in [1.54, 1.807) is 23.3 Å². The summed E-state index contributed by atoms with van der Waals surface area (Å²) in [6, 6.07) is 2.91.